The Morgan fingerprint density at radius 2 is 2.11 bits per heavy atom. The number of rotatable bonds is 6. The molecule has 0 aliphatic rings. The van der Waals surface area contributed by atoms with Crippen molar-refractivity contribution in [1.29, 1.82) is 0 Å². The average molecular weight is 260 g/mol. The molecule has 2 rings (SSSR count). The molecular weight excluding hydrogens is 244 g/mol. The predicted octanol–water partition coefficient (Wildman–Crippen LogP) is 1.27. The molecule has 0 amide bonds. The second-order valence-corrected chi connectivity index (χ2v) is 4.07. The molecule has 0 aliphatic heterocycles. The second-order valence-electron chi connectivity index (χ2n) is 4.07. The Hall–Kier alpha value is -2.14. The lowest BCUT2D eigenvalue weighted by Crippen LogP contribution is -2.14. The van der Waals surface area contributed by atoms with E-state index in [1.807, 2.05) is 30.3 Å². The van der Waals surface area contributed by atoms with Gasteiger partial charge in [0.2, 0.25) is 0 Å². The van der Waals surface area contributed by atoms with E-state index >= 15 is 0 Å². The highest BCUT2D eigenvalue weighted by Crippen LogP contribution is 2.06. The van der Waals surface area contributed by atoms with Crippen molar-refractivity contribution in [3.8, 4) is 0 Å². The zero-order valence-corrected chi connectivity index (χ0v) is 10.5. The Bertz CT molecular complexity index is 522. The van der Waals surface area contributed by atoms with Gasteiger partial charge in [-0.2, -0.15) is 0 Å². The highest BCUT2D eigenvalue weighted by molar-refractivity contribution is 5.87. The summed E-state index contributed by atoms with van der Waals surface area (Å²) in [6.45, 7) is 0.486. The topological polar surface area (TPSA) is 64.3 Å². The van der Waals surface area contributed by atoms with Crippen LogP contribution in [0.5, 0.6) is 0 Å². The molecule has 0 fully saturated rings. The summed E-state index contributed by atoms with van der Waals surface area (Å²) in [6.07, 6.45) is 3.90. The molecule has 0 spiro atoms. The van der Waals surface area contributed by atoms with E-state index in [0.717, 1.165) is 6.42 Å². The fourth-order valence-corrected chi connectivity index (χ4v) is 1.78. The van der Waals surface area contributed by atoms with Gasteiger partial charge in [-0.05, 0) is 12.0 Å². The molecule has 0 radical (unpaired) electrons. The van der Waals surface area contributed by atoms with Crippen LogP contribution in [0.1, 0.15) is 16.1 Å². The molecule has 0 atom stereocenters. The van der Waals surface area contributed by atoms with E-state index in [1.165, 1.54) is 11.8 Å². The molecule has 1 N–H and O–H groups in total. The second kappa shape index (κ2) is 6.70. The molecule has 0 bridgehead atoms. The Morgan fingerprint density at radius 1 is 1.32 bits per heavy atom. The van der Waals surface area contributed by atoms with E-state index in [9.17, 15) is 4.79 Å². The smallest absolute Gasteiger partial charge is 0.356 e. The van der Waals surface area contributed by atoms with Crippen LogP contribution in [0, 0.1) is 0 Å². The van der Waals surface area contributed by atoms with Crippen molar-refractivity contribution in [1.82, 2.24) is 9.55 Å². The highest BCUT2D eigenvalue weighted by Gasteiger charge is 2.12. The Balaban J connectivity index is 1.98. The maximum atomic E-state index is 11.7. The number of carbonyl (C=O) groups is 1. The molecule has 0 saturated heterocycles. The largest absolute Gasteiger partial charge is 0.459 e. The summed E-state index contributed by atoms with van der Waals surface area (Å²) in [5, 5.41) is 8.63. The van der Waals surface area contributed by atoms with E-state index in [4.69, 9.17) is 9.84 Å². The van der Waals surface area contributed by atoms with Crippen molar-refractivity contribution in [2.24, 2.45) is 0 Å². The number of imidazole rings is 1. The summed E-state index contributed by atoms with van der Waals surface area (Å²) in [6, 6.07) is 10.0. The molecule has 100 valence electrons. The minimum atomic E-state index is -0.459. The van der Waals surface area contributed by atoms with Gasteiger partial charge in [-0.25, -0.2) is 9.78 Å². The summed E-state index contributed by atoms with van der Waals surface area (Å²) in [7, 11) is 0. The van der Waals surface area contributed by atoms with Crippen LogP contribution in [0.15, 0.2) is 42.9 Å². The molecule has 0 saturated carbocycles. The Morgan fingerprint density at radius 3 is 2.84 bits per heavy atom. The van der Waals surface area contributed by atoms with Crippen LogP contribution in [0.4, 0.5) is 0 Å². The SMILES string of the molecule is O=C(OCCO)c1cncn1CCc1ccccc1. The lowest BCUT2D eigenvalue weighted by Gasteiger charge is -2.07. The maximum Gasteiger partial charge on any atom is 0.356 e. The van der Waals surface area contributed by atoms with Gasteiger partial charge < -0.3 is 14.4 Å². The van der Waals surface area contributed by atoms with E-state index in [0.29, 0.717) is 12.2 Å². The van der Waals surface area contributed by atoms with Crippen molar-refractivity contribution in [2.75, 3.05) is 13.2 Å². The minimum Gasteiger partial charge on any atom is -0.459 e. The van der Waals surface area contributed by atoms with Gasteiger partial charge in [0.1, 0.15) is 12.3 Å². The molecule has 5 nitrogen and oxygen atoms in total. The van der Waals surface area contributed by atoms with Crippen LogP contribution < -0.4 is 0 Å². The van der Waals surface area contributed by atoms with Gasteiger partial charge in [0.15, 0.2) is 0 Å². The minimum absolute atomic E-state index is 0.00268. The van der Waals surface area contributed by atoms with Gasteiger partial charge in [-0.1, -0.05) is 30.3 Å². The normalized spacial score (nSPS) is 10.4. The monoisotopic (exact) mass is 260 g/mol. The Labute approximate surface area is 111 Å². The van der Waals surface area contributed by atoms with Gasteiger partial charge in [-0.3, -0.25) is 0 Å². The van der Waals surface area contributed by atoms with E-state index in [1.54, 1.807) is 10.9 Å². The van der Waals surface area contributed by atoms with Gasteiger partial charge in [0.25, 0.3) is 0 Å². The zero-order valence-electron chi connectivity index (χ0n) is 10.5. The first-order valence-electron chi connectivity index (χ1n) is 6.13. The number of carbonyl (C=O) groups excluding carboxylic acids is 1. The predicted molar refractivity (Wildman–Crippen MR) is 69.7 cm³/mol. The lowest BCUT2D eigenvalue weighted by molar-refractivity contribution is 0.0421. The van der Waals surface area contributed by atoms with Crippen molar-refractivity contribution >= 4 is 5.97 Å². The van der Waals surface area contributed by atoms with Crippen LogP contribution in [-0.2, 0) is 17.7 Å². The first kappa shape index (κ1) is 13.3. The van der Waals surface area contributed by atoms with Gasteiger partial charge in [-0.15, -0.1) is 0 Å². The number of aromatic nitrogens is 2. The highest BCUT2D eigenvalue weighted by atomic mass is 16.5. The molecule has 1 heterocycles. The number of aliphatic hydroxyl groups excluding tert-OH is 1. The Kier molecular flexibility index (Phi) is 4.69. The van der Waals surface area contributed by atoms with E-state index in [-0.39, 0.29) is 13.2 Å². The van der Waals surface area contributed by atoms with Crippen LogP contribution in [0.2, 0.25) is 0 Å². The fourth-order valence-electron chi connectivity index (χ4n) is 1.78. The lowest BCUT2D eigenvalue weighted by atomic mass is 10.1. The molecule has 1 aromatic carbocycles. The third kappa shape index (κ3) is 3.66. The van der Waals surface area contributed by atoms with Crippen LogP contribution in [0.25, 0.3) is 0 Å². The number of ether oxygens (including phenoxy) is 1. The third-order valence-corrected chi connectivity index (χ3v) is 2.73. The van der Waals surface area contributed by atoms with E-state index in [2.05, 4.69) is 4.98 Å². The summed E-state index contributed by atoms with van der Waals surface area (Å²) < 4.78 is 6.64. The molecule has 19 heavy (non-hydrogen) atoms. The molecular formula is C14H16N2O3. The van der Waals surface area contributed by atoms with Crippen LogP contribution in [0.3, 0.4) is 0 Å². The first-order valence-corrected chi connectivity index (χ1v) is 6.13. The number of nitrogens with zero attached hydrogens (tertiary/aromatic N) is 2. The van der Waals surface area contributed by atoms with Crippen molar-refractivity contribution in [3.63, 3.8) is 0 Å². The third-order valence-electron chi connectivity index (χ3n) is 2.73. The number of benzene rings is 1. The zero-order chi connectivity index (χ0) is 13.5. The molecule has 5 heteroatoms. The standard InChI is InChI=1S/C14H16N2O3/c17-8-9-19-14(18)13-10-15-11-16(13)7-6-12-4-2-1-3-5-12/h1-5,10-11,17H,6-9H2. The quantitative estimate of drug-likeness (QED) is 0.794. The number of hydrogen-bond acceptors (Lipinski definition) is 4. The van der Waals surface area contributed by atoms with Crippen molar-refractivity contribution in [2.45, 2.75) is 13.0 Å². The van der Waals surface area contributed by atoms with Crippen LogP contribution in [-0.4, -0.2) is 33.8 Å². The summed E-state index contributed by atoms with van der Waals surface area (Å²) in [5.74, 6) is -0.459. The number of aryl methyl sites for hydroxylation is 2. The summed E-state index contributed by atoms with van der Waals surface area (Å²) in [5.41, 5.74) is 1.61. The van der Waals surface area contributed by atoms with Gasteiger partial charge in [0.05, 0.1) is 19.1 Å². The first-order chi connectivity index (χ1) is 9.31. The summed E-state index contributed by atoms with van der Waals surface area (Å²) >= 11 is 0. The van der Waals surface area contributed by atoms with Crippen LogP contribution >= 0.6 is 0 Å². The average Bonchev–Trinajstić information content (AvgIpc) is 2.92. The number of aliphatic hydroxyl groups is 1. The molecule has 0 aliphatic carbocycles. The summed E-state index contributed by atoms with van der Waals surface area (Å²) in [4.78, 5) is 15.7. The van der Waals surface area contributed by atoms with Crippen molar-refractivity contribution in [3.05, 3.63) is 54.1 Å². The number of hydrogen-bond donors (Lipinski definition) is 1. The maximum absolute atomic E-state index is 11.7. The van der Waals surface area contributed by atoms with Crippen molar-refractivity contribution < 1.29 is 14.6 Å². The fraction of sp³-hybridized carbons (Fsp3) is 0.286. The van der Waals surface area contributed by atoms with Gasteiger partial charge in [0, 0.05) is 6.54 Å². The molecule has 0 unspecified atom stereocenters. The molecule has 1 aromatic heterocycles. The molecule has 2 aromatic rings. The number of esters is 1. The van der Waals surface area contributed by atoms with Gasteiger partial charge >= 0.3 is 5.97 Å². The van der Waals surface area contributed by atoms with E-state index < -0.39 is 5.97 Å².